The zero-order chi connectivity index (χ0) is 13.1. The van der Waals surface area contributed by atoms with E-state index in [4.69, 9.17) is 16.3 Å². The highest BCUT2D eigenvalue weighted by Crippen LogP contribution is 2.19. The van der Waals surface area contributed by atoms with Crippen LogP contribution < -0.4 is 4.74 Å². The van der Waals surface area contributed by atoms with Crippen LogP contribution in [0.1, 0.15) is 13.3 Å². The van der Waals surface area contributed by atoms with Gasteiger partial charge in [-0.1, -0.05) is 17.7 Å². The number of nitrogens with zero attached hydrogens (tertiary/aromatic N) is 1. The molecule has 4 nitrogen and oxygen atoms in total. The van der Waals surface area contributed by atoms with Gasteiger partial charge < -0.3 is 14.7 Å². The number of amides is 1. The molecule has 0 saturated carbocycles. The minimum absolute atomic E-state index is 0.105. The van der Waals surface area contributed by atoms with Crippen LogP contribution >= 0.6 is 11.6 Å². The van der Waals surface area contributed by atoms with Crippen LogP contribution in [-0.4, -0.2) is 41.2 Å². The smallest absolute Gasteiger partial charge is 0.263 e. The molecule has 2 atom stereocenters. The maximum absolute atomic E-state index is 12.0. The lowest BCUT2D eigenvalue weighted by Gasteiger charge is -2.21. The number of β-amino-alcohol motifs (C(OH)–C–C–N with tert-alkyl or cyclic N) is 1. The Labute approximate surface area is 111 Å². The summed E-state index contributed by atoms with van der Waals surface area (Å²) in [5.74, 6) is 0.467. The molecule has 0 bridgehead atoms. The average molecular weight is 270 g/mol. The van der Waals surface area contributed by atoms with Crippen LogP contribution in [0.3, 0.4) is 0 Å². The highest BCUT2D eigenvalue weighted by atomic mass is 35.5. The highest BCUT2D eigenvalue weighted by Gasteiger charge is 2.28. The van der Waals surface area contributed by atoms with E-state index in [1.54, 1.807) is 36.1 Å². The normalized spacial score (nSPS) is 20.8. The molecule has 98 valence electrons. The number of likely N-dealkylation sites (tertiary alicyclic amines) is 1. The van der Waals surface area contributed by atoms with Crippen LogP contribution in [0.4, 0.5) is 0 Å². The van der Waals surface area contributed by atoms with Gasteiger partial charge in [0.05, 0.1) is 6.10 Å². The summed E-state index contributed by atoms with van der Waals surface area (Å²) in [6.07, 6.45) is -0.351. The van der Waals surface area contributed by atoms with Crippen molar-refractivity contribution in [3.8, 4) is 5.75 Å². The zero-order valence-corrected chi connectivity index (χ0v) is 10.9. The van der Waals surface area contributed by atoms with Crippen molar-refractivity contribution < 1.29 is 14.6 Å². The fraction of sp³-hybridized carbons (Fsp3) is 0.462. The van der Waals surface area contributed by atoms with Crippen molar-refractivity contribution in [1.29, 1.82) is 0 Å². The first-order valence-electron chi connectivity index (χ1n) is 5.95. The average Bonchev–Trinajstić information content (AvgIpc) is 2.75. The number of hydrogen-bond acceptors (Lipinski definition) is 3. The highest BCUT2D eigenvalue weighted by molar-refractivity contribution is 6.30. The largest absolute Gasteiger partial charge is 0.481 e. The number of carbonyl (C=O) groups is 1. The van der Waals surface area contributed by atoms with Gasteiger partial charge >= 0.3 is 0 Å². The molecule has 1 aromatic rings. The van der Waals surface area contributed by atoms with Gasteiger partial charge in [-0.3, -0.25) is 4.79 Å². The Hall–Kier alpha value is -1.26. The molecule has 1 aliphatic rings. The minimum Gasteiger partial charge on any atom is -0.481 e. The summed E-state index contributed by atoms with van der Waals surface area (Å²) in [4.78, 5) is 13.7. The molecule has 18 heavy (non-hydrogen) atoms. The summed E-state index contributed by atoms with van der Waals surface area (Å²) < 4.78 is 5.55. The molecule has 0 aromatic heterocycles. The summed E-state index contributed by atoms with van der Waals surface area (Å²) in [7, 11) is 0. The Bertz CT molecular complexity index is 438. The summed E-state index contributed by atoms with van der Waals surface area (Å²) in [6, 6.07) is 6.95. The van der Waals surface area contributed by atoms with E-state index in [1.165, 1.54) is 0 Å². The number of aliphatic hydroxyl groups excluding tert-OH is 1. The van der Waals surface area contributed by atoms with Crippen LogP contribution in [0, 0.1) is 0 Å². The Morgan fingerprint density at radius 1 is 1.61 bits per heavy atom. The second-order valence-electron chi connectivity index (χ2n) is 4.44. The van der Waals surface area contributed by atoms with Crippen molar-refractivity contribution in [2.45, 2.75) is 25.6 Å². The maximum atomic E-state index is 12.0. The molecule has 0 spiro atoms. The van der Waals surface area contributed by atoms with Gasteiger partial charge in [0.1, 0.15) is 5.75 Å². The lowest BCUT2D eigenvalue weighted by atomic mass is 10.3. The lowest BCUT2D eigenvalue weighted by molar-refractivity contribution is -0.137. The maximum Gasteiger partial charge on any atom is 0.263 e. The van der Waals surface area contributed by atoms with Gasteiger partial charge in [0.15, 0.2) is 6.10 Å². The number of benzene rings is 1. The molecule has 1 saturated heterocycles. The fourth-order valence-corrected chi connectivity index (χ4v) is 2.17. The summed E-state index contributed by atoms with van der Waals surface area (Å²) >= 11 is 5.85. The van der Waals surface area contributed by atoms with E-state index in [0.717, 1.165) is 0 Å². The van der Waals surface area contributed by atoms with E-state index in [0.29, 0.717) is 30.3 Å². The lowest BCUT2D eigenvalue weighted by Crippen LogP contribution is -2.39. The molecular weight excluding hydrogens is 254 g/mol. The Morgan fingerprint density at radius 2 is 2.39 bits per heavy atom. The first-order chi connectivity index (χ1) is 8.56. The van der Waals surface area contributed by atoms with Crippen LogP contribution in [0.15, 0.2) is 24.3 Å². The molecular formula is C13H16ClNO3. The standard InChI is InChI=1S/C13H16ClNO3/c1-9(13(17)15-6-5-11(16)8-15)18-12-4-2-3-10(14)7-12/h2-4,7,9,11,16H,5-6,8H2,1H3/t9?,11-/m0/s1. The third kappa shape index (κ3) is 3.15. The Morgan fingerprint density at radius 3 is 3.00 bits per heavy atom. The molecule has 1 heterocycles. The molecule has 1 unspecified atom stereocenters. The third-order valence-electron chi connectivity index (χ3n) is 2.93. The van der Waals surface area contributed by atoms with E-state index < -0.39 is 12.2 Å². The molecule has 2 rings (SSSR count). The minimum atomic E-state index is -0.575. The number of halogens is 1. The second kappa shape index (κ2) is 5.59. The van der Waals surface area contributed by atoms with Crippen molar-refractivity contribution in [3.05, 3.63) is 29.3 Å². The van der Waals surface area contributed by atoms with Crippen molar-refractivity contribution in [2.24, 2.45) is 0 Å². The van der Waals surface area contributed by atoms with Gasteiger partial charge in [-0.2, -0.15) is 0 Å². The van der Waals surface area contributed by atoms with Gasteiger partial charge in [0, 0.05) is 18.1 Å². The predicted molar refractivity (Wildman–Crippen MR) is 68.7 cm³/mol. The van der Waals surface area contributed by atoms with E-state index in [1.807, 2.05) is 0 Å². The van der Waals surface area contributed by atoms with E-state index in [-0.39, 0.29) is 5.91 Å². The molecule has 1 amide bonds. The van der Waals surface area contributed by atoms with Crippen LogP contribution in [0.5, 0.6) is 5.75 Å². The number of rotatable bonds is 3. The van der Waals surface area contributed by atoms with Crippen molar-refractivity contribution >= 4 is 17.5 Å². The second-order valence-corrected chi connectivity index (χ2v) is 4.88. The summed E-state index contributed by atoms with van der Waals surface area (Å²) in [6.45, 7) is 2.68. The van der Waals surface area contributed by atoms with Crippen LogP contribution in [-0.2, 0) is 4.79 Å². The monoisotopic (exact) mass is 269 g/mol. The number of hydrogen-bond donors (Lipinski definition) is 1. The molecule has 1 N–H and O–H groups in total. The molecule has 0 radical (unpaired) electrons. The summed E-state index contributed by atoms with van der Waals surface area (Å²) in [5, 5.41) is 9.98. The van der Waals surface area contributed by atoms with Crippen LogP contribution in [0.2, 0.25) is 5.02 Å². The van der Waals surface area contributed by atoms with Gasteiger partial charge in [0.2, 0.25) is 0 Å². The molecule has 1 fully saturated rings. The molecule has 0 aliphatic carbocycles. The first kappa shape index (κ1) is 13.2. The predicted octanol–water partition coefficient (Wildman–Crippen LogP) is 1.70. The molecule has 1 aromatic carbocycles. The van der Waals surface area contributed by atoms with E-state index in [9.17, 15) is 9.90 Å². The SMILES string of the molecule is CC(Oc1cccc(Cl)c1)C(=O)N1CC[C@H](O)C1. The van der Waals surface area contributed by atoms with Crippen molar-refractivity contribution in [1.82, 2.24) is 4.90 Å². The Balaban J connectivity index is 1.95. The Kier molecular flexibility index (Phi) is 4.09. The zero-order valence-electron chi connectivity index (χ0n) is 10.2. The topological polar surface area (TPSA) is 49.8 Å². The van der Waals surface area contributed by atoms with E-state index >= 15 is 0 Å². The molecule has 5 heteroatoms. The van der Waals surface area contributed by atoms with Crippen molar-refractivity contribution in [3.63, 3.8) is 0 Å². The van der Waals surface area contributed by atoms with Gasteiger partial charge in [-0.25, -0.2) is 0 Å². The van der Waals surface area contributed by atoms with Gasteiger partial charge in [-0.15, -0.1) is 0 Å². The quantitative estimate of drug-likeness (QED) is 0.909. The van der Waals surface area contributed by atoms with Crippen molar-refractivity contribution in [2.75, 3.05) is 13.1 Å². The fourth-order valence-electron chi connectivity index (χ4n) is 1.99. The first-order valence-corrected chi connectivity index (χ1v) is 6.33. The number of aliphatic hydroxyl groups is 1. The summed E-state index contributed by atoms with van der Waals surface area (Å²) in [5.41, 5.74) is 0. The molecule has 1 aliphatic heterocycles. The number of carbonyl (C=O) groups excluding carboxylic acids is 1. The number of ether oxygens (including phenoxy) is 1. The third-order valence-corrected chi connectivity index (χ3v) is 3.17. The van der Waals surface area contributed by atoms with Gasteiger partial charge in [-0.05, 0) is 31.5 Å². The van der Waals surface area contributed by atoms with Crippen LogP contribution in [0.25, 0.3) is 0 Å². The van der Waals surface area contributed by atoms with Gasteiger partial charge in [0.25, 0.3) is 5.91 Å². The van der Waals surface area contributed by atoms with E-state index in [2.05, 4.69) is 0 Å².